The minimum atomic E-state index is -0.724. The third-order valence-electron chi connectivity index (χ3n) is 3.96. The molecule has 0 N–H and O–H groups in total. The molecule has 5 nitrogen and oxygen atoms in total. The predicted molar refractivity (Wildman–Crippen MR) is 98.4 cm³/mol. The number of hydrogen-bond donors (Lipinski definition) is 0. The van der Waals surface area contributed by atoms with E-state index in [1.165, 1.54) is 5.56 Å². The molecule has 5 heteroatoms. The second-order valence-corrected chi connectivity index (χ2v) is 5.55. The Labute approximate surface area is 149 Å². The van der Waals surface area contributed by atoms with Crippen molar-refractivity contribution in [3.05, 3.63) is 54.1 Å². The van der Waals surface area contributed by atoms with E-state index in [1.54, 1.807) is 19.2 Å². The van der Waals surface area contributed by atoms with Crippen molar-refractivity contribution in [1.82, 2.24) is 0 Å². The van der Waals surface area contributed by atoms with Crippen molar-refractivity contribution in [1.29, 1.82) is 0 Å². The van der Waals surface area contributed by atoms with Crippen molar-refractivity contribution in [2.24, 2.45) is 0 Å². The Morgan fingerprint density at radius 3 is 2.40 bits per heavy atom. The zero-order chi connectivity index (χ0) is 18.2. The van der Waals surface area contributed by atoms with Crippen LogP contribution in [-0.2, 0) is 11.2 Å². The number of hydrogen-bond acceptors (Lipinski definition) is 5. The first-order valence-electron chi connectivity index (χ1n) is 8.45. The maximum Gasteiger partial charge on any atom is 0.515 e. The Morgan fingerprint density at radius 2 is 1.80 bits per heavy atom. The molecule has 0 bridgehead atoms. The first-order valence-corrected chi connectivity index (χ1v) is 8.45. The van der Waals surface area contributed by atoms with E-state index in [0.717, 1.165) is 17.9 Å². The number of nitrogens with zero attached hydrogens (tertiary/aromatic N) is 1. The molecule has 2 aromatic rings. The number of aryl methyl sites for hydroxylation is 1. The third-order valence-corrected chi connectivity index (χ3v) is 3.96. The fourth-order valence-electron chi connectivity index (χ4n) is 2.56. The van der Waals surface area contributed by atoms with Gasteiger partial charge in [0.15, 0.2) is 6.23 Å². The summed E-state index contributed by atoms with van der Waals surface area (Å²) in [6.45, 7) is 6.55. The van der Waals surface area contributed by atoms with Crippen LogP contribution in [0.2, 0.25) is 0 Å². The van der Waals surface area contributed by atoms with Gasteiger partial charge in [-0.15, -0.1) is 0 Å². The zero-order valence-electron chi connectivity index (χ0n) is 15.2. The molecule has 0 saturated heterocycles. The number of methoxy groups -OCH3 is 1. The molecule has 0 aliphatic heterocycles. The van der Waals surface area contributed by atoms with Crippen molar-refractivity contribution < 1.29 is 19.0 Å². The molecular formula is C20H25NO4. The van der Waals surface area contributed by atoms with E-state index in [2.05, 4.69) is 6.92 Å². The van der Waals surface area contributed by atoms with Gasteiger partial charge in [-0.1, -0.05) is 25.1 Å². The fraction of sp³-hybridized carbons (Fsp3) is 0.350. The lowest BCUT2D eigenvalue weighted by Crippen LogP contribution is -2.37. The van der Waals surface area contributed by atoms with Crippen molar-refractivity contribution in [3.63, 3.8) is 0 Å². The van der Waals surface area contributed by atoms with E-state index < -0.39 is 12.4 Å². The summed E-state index contributed by atoms with van der Waals surface area (Å²) in [5, 5.41) is 0. The van der Waals surface area contributed by atoms with E-state index in [9.17, 15) is 4.79 Å². The van der Waals surface area contributed by atoms with Gasteiger partial charge in [-0.2, -0.15) is 0 Å². The molecule has 0 fully saturated rings. The number of ether oxygens (including phenoxy) is 3. The summed E-state index contributed by atoms with van der Waals surface area (Å²) in [5.41, 5.74) is 2.10. The van der Waals surface area contributed by atoms with Crippen LogP contribution in [0.25, 0.3) is 0 Å². The van der Waals surface area contributed by atoms with Crippen LogP contribution in [0.15, 0.2) is 48.5 Å². The molecule has 2 rings (SSSR count). The van der Waals surface area contributed by atoms with Crippen LogP contribution in [0, 0.1) is 0 Å². The molecular weight excluding hydrogens is 318 g/mol. The second kappa shape index (κ2) is 8.97. The summed E-state index contributed by atoms with van der Waals surface area (Å²) >= 11 is 0. The van der Waals surface area contributed by atoms with Crippen LogP contribution < -0.4 is 14.4 Å². The molecule has 0 aromatic heterocycles. The highest BCUT2D eigenvalue weighted by atomic mass is 16.7. The summed E-state index contributed by atoms with van der Waals surface area (Å²) in [4.78, 5) is 14.0. The Balaban J connectivity index is 1.99. The first-order chi connectivity index (χ1) is 12.1. The molecule has 0 saturated carbocycles. The van der Waals surface area contributed by atoms with E-state index >= 15 is 0 Å². The van der Waals surface area contributed by atoms with Gasteiger partial charge in [0.1, 0.15) is 11.5 Å². The molecule has 0 spiro atoms. The molecule has 1 unspecified atom stereocenters. The number of anilines is 1. The van der Waals surface area contributed by atoms with Crippen molar-refractivity contribution in [2.75, 3.05) is 18.6 Å². The lowest BCUT2D eigenvalue weighted by atomic mass is 10.2. The SMILES string of the molecule is CCc1ccc(OC(=O)OC(C)N(CC)c2cccc(OC)c2)cc1. The third kappa shape index (κ3) is 5.14. The number of carbonyl (C=O) groups excluding carboxylic acids is 1. The minimum Gasteiger partial charge on any atom is -0.497 e. The van der Waals surface area contributed by atoms with Gasteiger partial charge in [-0.05, 0) is 50.1 Å². The predicted octanol–water partition coefficient (Wildman–Crippen LogP) is 4.65. The molecule has 0 radical (unpaired) electrons. The Morgan fingerprint density at radius 1 is 1.08 bits per heavy atom. The van der Waals surface area contributed by atoms with Crippen LogP contribution >= 0.6 is 0 Å². The summed E-state index contributed by atoms with van der Waals surface area (Å²) < 4.78 is 15.9. The Bertz CT molecular complexity index is 684. The lowest BCUT2D eigenvalue weighted by molar-refractivity contribution is 0.0645. The first kappa shape index (κ1) is 18.6. The number of rotatable bonds is 7. The van der Waals surface area contributed by atoms with E-state index in [1.807, 2.05) is 55.1 Å². The molecule has 134 valence electrons. The van der Waals surface area contributed by atoms with Gasteiger partial charge in [0, 0.05) is 18.3 Å². The molecule has 1 atom stereocenters. The minimum absolute atomic E-state index is 0.471. The molecule has 0 aliphatic carbocycles. The van der Waals surface area contributed by atoms with Crippen LogP contribution in [0.4, 0.5) is 10.5 Å². The molecule has 0 heterocycles. The quantitative estimate of drug-likeness (QED) is 0.416. The van der Waals surface area contributed by atoms with Gasteiger partial charge in [0.05, 0.1) is 7.11 Å². The van der Waals surface area contributed by atoms with Gasteiger partial charge in [-0.25, -0.2) is 4.79 Å². The Hall–Kier alpha value is -2.69. The molecule has 25 heavy (non-hydrogen) atoms. The van der Waals surface area contributed by atoms with Crippen molar-refractivity contribution in [2.45, 2.75) is 33.4 Å². The second-order valence-electron chi connectivity index (χ2n) is 5.55. The van der Waals surface area contributed by atoms with Crippen LogP contribution in [0.1, 0.15) is 26.3 Å². The number of carbonyl (C=O) groups is 1. The summed E-state index contributed by atoms with van der Waals surface area (Å²) in [7, 11) is 1.62. The van der Waals surface area contributed by atoms with Crippen molar-refractivity contribution in [3.8, 4) is 11.5 Å². The van der Waals surface area contributed by atoms with Gasteiger partial charge < -0.3 is 19.1 Å². The maximum absolute atomic E-state index is 12.1. The topological polar surface area (TPSA) is 48.0 Å². The van der Waals surface area contributed by atoms with E-state index in [4.69, 9.17) is 14.2 Å². The van der Waals surface area contributed by atoms with Gasteiger partial charge in [-0.3, -0.25) is 0 Å². The van der Waals surface area contributed by atoms with Crippen LogP contribution in [-0.4, -0.2) is 26.0 Å². The summed E-state index contributed by atoms with van der Waals surface area (Å²) in [6, 6.07) is 15.0. The maximum atomic E-state index is 12.1. The average molecular weight is 343 g/mol. The highest BCUT2D eigenvalue weighted by molar-refractivity contribution is 5.64. The smallest absolute Gasteiger partial charge is 0.497 e. The number of benzene rings is 2. The summed E-state index contributed by atoms with van der Waals surface area (Å²) in [5.74, 6) is 1.22. The average Bonchev–Trinajstić information content (AvgIpc) is 2.63. The standard InChI is InChI=1S/C20H25NO4/c1-5-16-10-12-18(13-11-16)25-20(22)24-15(3)21(6-2)17-8-7-9-19(14-17)23-4/h7-15H,5-6H2,1-4H3. The van der Waals surface area contributed by atoms with Crippen LogP contribution in [0.3, 0.4) is 0 Å². The Kier molecular flexibility index (Phi) is 6.69. The largest absolute Gasteiger partial charge is 0.515 e. The molecule has 0 amide bonds. The molecule has 0 aliphatic rings. The fourth-order valence-corrected chi connectivity index (χ4v) is 2.56. The van der Waals surface area contributed by atoms with Gasteiger partial charge >= 0.3 is 6.16 Å². The zero-order valence-corrected chi connectivity index (χ0v) is 15.2. The molecule has 2 aromatic carbocycles. The van der Waals surface area contributed by atoms with Crippen LogP contribution in [0.5, 0.6) is 11.5 Å². The van der Waals surface area contributed by atoms with Crippen molar-refractivity contribution >= 4 is 11.8 Å². The monoisotopic (exact) mass is 343 g/mol. The lowest BCUT2D eigenvalue weighted by Gasteiger charge is -2.29. The van der Waals surface area contributed by atoms with E-state index in [-0.39, 0.29) is 0 Å². The van der Waals surface area contributed by atoms with Gasteiger partial charge in [0.2, 0.25) is 0 Å². The highest BCUT2D eigenvalue weighted by Gasteiger charge is 2.19. The van der Waals surface area contributed by atoms with E-state index in [0.29, 0.717) is 12.3 Å². The summed E-state index contributed by atoms with van der Waals surface area (Å²) in [6.07, 6.45) is -0.258. The normalized spacial score (nSPS) is 11.5. The van der Waals surface area contributed by atoms with Gasteiger partial charge in [0.25, 0.3) is 0 Å². The highest BCUT2D eigenvalue weighted by Crippen LogP contribution is 2.23.